The molecule has 0 amide bonds. The fourth-order valence-electron chi connectivity index (χ4n) is 2.00. The predicted octanol–water partition coefficient (Wildman–Crippen LogP) is 4.09. The Bertz CT molecular complexity index is 383. The second-order valence-corrected chi connectivity index (χ2v) is 4.74. The summed E-state index contributed by atoms with van der Waals surface area (Å²) < 4.78 is 5.67. The smallest absolute Gasteiger partial charge is 0.136 e. The normalized spacial score (nSPS) is 10.4. The van der Waals surface area contributed by atoms with Crippen molar-refractivity contribution in [3.8, 4) is 5.75 Å². The van der Waals surface area contributed by atoms with E-state index < -0.39 is 0 Å². The third-order valence-corrected chi connectivity index (χ3v) is 2.95. The van der Waals surface area contributed by atoms with Crippen molar-refractivity contribution in [1.82, 2.24) is 0 Å². The molecule has 0 aliphatic rings. The van der Waals surface area contributed by atoms with Gasteiger partial charge in [-0.1, -0.05) is 32.4 Å². The van der Waals surface area contributed by atoms with Crippen molar-refractivity contribution in [2.45, 2.75) is 52.9 Å². The Morgan fingerprint density at radius 3 is 2.56 bits per heavy atom. The Morgan fingerprint density at radius 2 is 1.94 bits per heavy atom. The van der Waals surface area contributed by atoms with Crippen LogP contribution in [-0.4, -0.2) is 12.4 Å². The average molecular weight is 248 g/mol. The highest BCUT2D eigenvalue weighted by atomic mass is 16.5. The zero-order valence-electron chi connectivity index (χ0n) is 11.8. The van der Waals surface area contributed by atoms with Gasteiger partial charge in [-0.25, -0.2) is 0 Å². The standard InChI is InChI=1S/C16H24O2/c1-4-6-14-8-9-16(13(3)12-14)18-11-10-15(17)7-5-2/h8-9,12H,4-7,10-11H2,1-3H3. The van der Waals surface area contributed by atoms with E-state index in [-0.39, 0.29) is 5.78 Å². The van der Waals surface area contributed by atoms with Gasteiger partial charge in [0, 0.05) is 12.8 Å². The molecule has 0 atom stereocenters. The molecular weight excluding hydrogens is 224 g/mol. The van der Waals surface area contributed by atoms with Crippen molar-refractivity contribution < 1.29 is 9.53 Å². The zero-order chi connectivity index (χ0) is 13.4. The minimum absolute atomic E-state index is 0.290. The first-order valence-corrected chi connectivity index (χ1v) is 6.91. The first-order chi connectivity index (χ1) is 8.67. The van der Waals surface area contributed by atoms with Crippen LogP contribution in [0.15, 0.2) is 18.2 Å². The van der Waals surface area contributed by atoms with Crippen molar-refractivity contribution in [2.75, 3.05) is 6.61 Å². The number of hydrogen-bond donors (Lipinski definition) is 0. The first-order valence-electron chi connectivity index (χ1n) is 6.91. The summed E-state index contributed by atoms with van der Waals surface area (Å²) in [5.41, 5.74) is 2.51. The SMILES string of the molecule is CCCC(=O)CCOc1ccc(CCC)cc1C. The van der Waals surface area contributed by atoms with Gasteiger partial charge in [0.2, 0.25) is 0 Å². The van der Waals surface area contributed by atoms with Crippen LogP contribution in [0.4, 0.5) is 0 Å². The summed E-state index contributed by atoms with van der Waals surface area (Å²) in [5.74, 6) is 1.19. The fourth-order valence-corrected chi connectivity index (χ4v) is 2.00. The molecule has 0 saturated heterocycles. The summed E-state index contributed by atoms with van der Waals surface area (Å²) in [6.07, 6.45) is 4.37. The van der Waals surface area contributed by atoms with E-state index in [1.54, 1.807) is 0 Å². The number of rotatable bonds is 8. The molecule has 1 aromatic carbocycles. The Kier molecular flexibility index (Phi) is 6.48. The number of Topliss-reactive ketones (excluding diaryl/α,β-unsaturated/α-hetero) is 1. The molecule has 2 heteroatoms. The molecule has 100 valence electrons. The lowest BCUT2D eigenvalue weighted by Crippen LogP contribution is -2.06. The number of carbonyl (C=O) groups excluding carboxylic acids is 1. The van der Waals surface area contributed by atoms with Crippen molar-refractivity contribution >= 4 is 5.78 Å². The van der Waals surface area contributed by atoms with Crippen LogP contribution in [0.25, 0.3) is 0 Å². The molecule has 0 radical (unpaired) electrons. The maximum absolute atomic E-state index is 11.4. The maximum Gasteiger partial charge on any atom is 0.136 e. The van der Waals surface area contributed by atoms with Gasteiger partial charge in [-0.15, -0.1) is 0 Å². The summed E-state index contributed by atoms with van der Waals surface area (Å²) in [7, 11) is 0. The van der Waals surface area contributed by atoms with Crippen LogP contribution in [0.2, 0.25) is 0 Å². The Hall–Kier alpha value is -1.31. The Balaban J connectivity index is 2.45. The minimum atomic E-state index is 0.290. The molecule has 0 unspecified atom stereocenters. The number of aryl methyl sites for hydroxylation is 2. The van der Waals surface area contributed by atoms with Crippen molar-refractivity contribution in [3.05, 3.63) is 29.3 Å². The van der Waals surface area contributed by atoms with E-state index >= 15 is 0 Å². The lowest BCUT2D eigenvalue weighted by atomic mass is 10.1. The monoisotopic (exact) mass is 248 g/mol. The zero-order valence-corrected chi connectivity index (χ0v) is 11.8. The highest BCUT2D eigenvalue weighted by molar-refractivity contribution is 5.78. The van der Waals surface area contributed by atoms with E-state index in [1.165, 1.54) is 5.56 Å². The van der Waals surface area contributed by atoms with Gasteiger partial charge in [-0.2, -0.15) is 0 Å². The van der Waals surface area contributed by atoms with Crippen LogP contribution in [0.3, 0.4) is 0 Å². The van der Waals surface area contributed by atoms with Gasteiger partial charge in [0.25, 0.3) is 0 Å². The molecule has 1 aromatic rings. The summed E-state index contributed by atoms with van der Waals surface area (Å²) in [5, 5.41) is 0. The number of carbonyl (C=O) groups is 1. The van der Waals surface area contributed by atoms with Gasteiger partial charge in [0.1, 0.15) is 11.5 Å². The molecule has 0 aromatic heterocycles. The molecule has 0 fully saturated rings. The molecule has 0 aliphatic heterocycles. The Morgan fingerprint density at radius 1 is 1.17 bits per heavy atom. The summed E-state index contributed by atoms with van der Waals surface area (Å²) >= 11 is 0. The van der Waals surface area contributed by atoms with Crippen LogP contribution in [0.5, 0.6) is 5.75 Å². The lowest BCUT2D eigenvalue weighted by molar-refractivity contribution is -0.119. The highest BCUT2D eigenvalue weighted by Crippen LogP contribution is 2.20. The number of hydrogen-bond acceptors (Lipinski definition) is 2. The Labute approximate surface area is 110 Å². The summed E-state index contributed by atoms with van der Waals surface area (Å²) in [6.45, 7) is 6.75. The van der Waals surface area contributed by atoms with Gasteiger partial charge in [-0.3, -0.25) is 4.79 Å². The van der Waals surface area contributed by atoms with Crippen LogP contribution in [0, 0.1) is 6.92 Å². The third-order valence-electron chi connectivity index (χ3n) is 2.95. The number of ether oxygens (including phenoxy) is 1. The van der Waals surface area contributed by atoms with Crippen LogP contribution in [-0.2, 0) is 11.2 Å². The van der Waals surface area contributed by atoms with Crippen molar-refractivity contribution in [1.29, 1.82) is 0 Å². The predicted molar refractivity (Wildman–Crippen MR) is 75.2 cm³/mol. The van der Waals surface area contributed by atoms with E-state index in [9.17, 15) is 4.79 Å². The molecule has 0 heterocycles. The maximum atomic E-state index is 11.4. The van der Waals surface area contributed by atoms with Gasteiger partial charge in [-0.05, 0) is 37.0 Å². The molecule has 0 aliphatic carbocycles. The van der Waals surface area contributed by atoms with Gasteiger partial charge >= 0.3 is 0 Å². The van der Waals surface area contributed by atoms with Crippen molar-refractivity contribution in [3.63, 3.8) is 0 Å². The third kappa shape index (κ3) is 4.91. The molecule has 18 heavy (non-hydrogen) atoms. The van der Waals surface area contributed by atoms with Gasteiger partial charge in [0.15, 0.2) is 0 Å². The summed E-state index contributed by atoms with van der Waals surface area (Å²) in [4.78, 5) is 11.4. The van der Waals surface area contributed by atoms with Gasteiger partial charge < -0.3 is 4.74 Å². The molecular formula is C16H24O2. The van der Waals surface area contributed by atoms with E-state index in [0.717, 1.165) is 30.6 Å². The van der Waals surface area contributed by atoms with Crippen LogP contribution in [0.1, 0.15) is 50.7 Å². The minimum Gasteiger partial charge on any atom is -0.493 e. The number of benzene rings is 1. The van der Waals surface area contributed by atoms with E-state index in [4.69, 9.17) is 4.74 Å². The topological polar surface area (TPSA) is 26.3 Å². The fraction of sp³-hybridized carbons (Fsp3) is 0.562. The molecule has 0 bridgehead atoms. The highest BCUT2D eigenvalue weighted by Gasteiger charge is 2.04. The molecule has 0 spiro atoms. The first kappa shape index (κ1) is 14.7. The van der Waals surface area contributed by atoms with Crippen LogP contribution < -0.4 is 4.74 Å². The summed E-state index contributed by atoms with van der Waals surface area (Å²) in [6, 6.07) is 6.30. The lowest BCUT2D eigenvalue weighted by Gasteiger charge is -2.10. The quantitative estimate of drug-likeness (QED) is 0.692. The van der Waals surface area contributed by atoms with E-state index in [1.807, 2.05) is 13.0 Å². The molecule has 0 N–H and O–H groups in total. The molecule has 0 saturated carbocycles. The van der Waals surface area contributed by atoms with E-state index in [2.05, 4.69) is 26.0 Å². The second-order valence-electron chi connectivity index (χ2n) is 4.74. The molecule has 1 rings (SSSR count). The second kappa shape index (κ2) is 7.91. The largest absolute Gasteiger partial charge is 0.493 e. The van der Waals surface area contributed by atoms with Gasteiger partial charge in [0.05, 0.1) is 6.61 Å². The van der Waals surface area contributed by atoms with E-state index in [0.29, 0.717) is 19.4 Å². The van der Waals surface area contributed by atoms with Crippen molar-refractivity contribution in [2.24, 2.45) is 0 Å². The molecule has 2 nitrogen and oxygen atoms in total. The number of ketones is 1. The average Bonchev–Trinajstić information content (AvgIpc) is 2.33. The van der Waals surface area contributed by atoms with Crippen LogP contribution >= 0.6 is 0 Å².